The Labute approximate surface area is 156 Å². The lowest BCUT2D eigenvalue weighted by Gasteiger charge is -2.22. The van der Waals surface area contributed by atoms with Gasteiger partial charge in [0.15, 0.2) is 6.10 Å². The van der Waals surface area contributed by atoms with Crippen molar-refractivity contribution in [3.05, 3.63) is 59.2 Å². The molecule has 4 nitrogen and oxygen atoms in total. The van der Waals surface area contributed by atoms with Crippen LogP contribution < -0.4 is 14.8 Å². The number of hydrogen-bond acceptors (Lipinski definition) is 3. The molecule has 0 aliphatic carbocycles. The summed E-state index contributed by atoms with van der Waals surface area (Å²) in [7, 11) is 0. The average Bonchev–Trinajstić information content (AvgIpc) is 2.61. The topological polar surface area (TPSA) is 47.6 Å². The fourth-order valence-electron chi connectivity index (χ4n) is 2.54. The van der Waals surface area contributed by atoms with Crippen LogP contribution in [-0.2, 0) is 4.79 Å². The molecule has 0 saturated heterocycles. The molecule has 0 fully saturated rings. The minimum atomic E-state index is -0.516. The van der Waals surface area contributed by atoms with E-state index in [-0.39, 0.29) is 11.9 Å². The second kappa shape index (κ2) is 9.27. The Balaban J connectivity index is 1.89. The molecule has 2 aromatic rings. The summed E-state index contributed by atoms with van der Waals surface area (Å²) in [5.41, 5.74) is 3.33. The van der Waals surface area contributed by atoms with Crippen LogP contribution in [0.15, 0.2) is 42.5 Å². The first-order chi connectivity index (χ1) is 12.4. The number of amides is 1. The monoisotopic (exact) mass is 355 g/mol. The van der Waals surface area contributed by atoms with Crippen LogP contribution in [0.1, 0.15) is 37.0 Å². The molecule has 0 aromatic heterocycles. The lowest BCUT2D eigenvalue weighted by atomic mass is 10.1. The lowest BCUT2D eigenvalue weighted by Crippen LogP contribution is -2.44. The smallest absolute Gasteiger partial charge is 0.261 e. The molecule has 0 spiro atoms. The Bertz CT molecular complexity index is 725. The van der Waals surface area contributed by atoms with Crippen molar-refractivity contribution in [1.29, 1.82) is 0 Å². The van der Waals surface area contributed by atoms with E-state index in [0.29, 0.717) is 13.0 Å². The zero-order chi connectivity index (χ0) is 19.1. The summed E-state index contributed by atoms with van der Waals surface area (Å²) in [6, 6.07) is 13.8. The predicted octanol–water partition coefficient (Wildman–Crippen LogP) is 4.35. The van der Waals surface area contributed by atoms with Gasteiger partial charge >= 0.3 is 0 Å². The van der Waals surface area contributed by atoms with Crippen molar-refractivity contribution >= 4 is 5.91 Å². The van der Waals surface area contributed by atoms with Crippen LogP contribution in [-0.4, -0.2) is 24.7 Å². The molecule has 140 valence electrons. The third kappa shape index (κ3) is 5.80. The fourth-order valence-corrected chi connectivity index (χ4v) is 2.54. The van der Waals surface area contributed by atoms with Crippen molar-refractivity contribution in [1.82, 2.24) is 5.32 Å². The average molecular weight is 355 g/mol. The first-order valence-electron chi connectivity index (χ1n) is 9.12. The summed E-state index contributed by atoms with van der Waals surface area (Å²) in [5.74, 6) is 1.44. The van der Waals surface area contributed by atoms with Gasteiger partial charge in [-0.1, -0.05) is 36.8 Å². The molecule has 0 unspecified atom stereocenters. The molecule has 0 bridgehead atoms. The van der Waals surface area contributed by atoms with Crippen molar-refractivity contribution in [3.8, 4) is 11.5 Å². The van der Waals surface area contributed by atoms with Crippen LogP contribution in [0, 0.1) is 20.8 Å². The summed E-state index contributed by atoms with van der Waals surface area (Å²) in [6.07, 6.45) is 0.0856. The van der Waals surface area contributed by atoms with Gasteiger partial charge in [-0.05, 0) is 63.4 Å². The third-order valence-corrected chi connectivity index (χ3v) is 4.19. The molecule has 0 heterocycles. The van der Waals surface area contributed by atoms with Gasteiger partial charge in [-0.15, -0.1) is 0 Å². The number of ether oxygens (including phenoxy) is 2. The highest BCUT2D eigenvalue weighted by atomic mass is 16.5. The van der Waals surface area contributed by atoms with E-state index in [1.165, 1.54) is 5.56 Å². The summed E-state index contributed by atoms with van der Waals surface area (Å²) in [6.45, 7) is 10.3. The molecular weight excluding hydrogens is 326 g/mol. The summed E-state index contributed by atoms with van der Waals surface area (Å²) < 4.78 is 11.7. The van der Waals surface area contributed by atoms with Crippen LogP contribution in [0.3, 0.4) is 0 Å². The predicted molar refractivity (Wildman–Crippen MR) is 105 cm³/mol. The molecule has 0 aliphatic heterocycles. The Kier molecular flexibility index (Phi) is 7.07. The van der Waals surface area contributed by atoms with Crippen molar-refractivity contribution in [2.45, 2.75) is 53.2 Å². The highest BCUT2D eigenvalue weighted by Gasteiger charge is 2.21. The normalized spacial score (nSPS) is 13.0. The molecule has 0 radical (unpaired) electrons. The molecule has 2 aromatic carbocycles. The summed E-state index contributed by atoms with van der Waals surface area (Å²) in [5, 5.41) is 2.98. The van der Waals surface area contributed by atoms with Gasteiger partial charge in [0.1, 0.15) is 18.1 Å². The number of carbonyl (C=O) groups is 1. The summed E-state index contributed by atoms with van der Waals surface area (Å²) >= 11 is 0. The molecule has 0 saturated carbocycles. The maximum Gasteiger partial charge on any atom is 0.261 e. The molecule has 1 amide bonds. The van der Waals surface area contributed by atoms with E-state index < -0.39 is 6.10 Å². The molecule has 4 heteroatoms. The largest absolute Gasteiger partial charge is 0.491 e. The van der Waals surface area contributed by atoms with E-state index in [1.807, 2.05) is 77.1 Å². The van der Waals surface area contributed by atoms with Gasteiger partial charge < -0.3 is 14.8 Å². The zero-order valence-corrected chi connectivity index (χ0v) is 16.3. The highest BCUT2D eigenvalue weighted by Crippen LogP contribution is 2.21. The van der Waals surface area contributed by atoms with Crippen LogP contribution in [0.4, 0.5) is 0 Å². The Hall–Kier alpha value is -2.49. The van der Waals surface area contributed by atoms with Crippen molar-refractivity contribution in [3.63, 3.8) is 0 Å². The molecule has 2 rings (SSSR count). The number of rotatable bonds is 8. The third-order valence-electron chi connectivity index (χ3n) is 4.19. The number of benzene rings is 2. The first kappa shape index (κ1) is 19.8. The van der Waals surface area contributed by atoms with E-state index >= 15 is 0 Å². The maximum atomic E-state index is 12.5. The lowest BCUT2D eigenvalue weighted by molar-refractivity contribution is -0.129. The number of carbonyl (C=O) groups excluding carboxylic acids is 1. The minimum absolute atomic E-state index is 0.111. The Morgan fingerprint density at radius 3 is 2.35 bits per heavy atom. The second-order valence-corrected chi connectivity index (χ2v) is 6.82. The van der Waals surface area contributed by atoms with Crippen molar-refractivity contribution in [2.24, 2.45) is 0 Å². The van der Waals surface area contributed by atoms with Gasteiger partial charge in [0, 0.05) is 0 Å². The fraction of sp³-hybridized carbons (Fsp3) is 0.409. The Morgan fingerprint density at radius 2 is 1.69 bits per heavy atom. The van der Waals surface area contributed by atoms with E-state index in [9.17, 15) is 4.79 Å². The van der Waals surface area contributed by atoms with Gasteiger partial charge in [0.2, 0.25) is 0 Å². The van der Waals surface area contributed by atoms with Gasteiger partial charge in [-0.2, -0.15) is 0 Å². The standard InChI is InChI=1S/C22H29NO3/c1-6-20(26-21-13-16(3)7-10-17(21)4)22(24)23-18(5)14-25-19-11-8-15(2)9-12-19/h7-13,18,20H,6,14H2,1-5H3,(H,23,24)/t18-,20-/m1/s1. The quantitative estimate of drug-likeness (QED) is 0.766. The van der Waals surface area contributed by atoms with Crippen LogP contribution in [0.5, 0.6) is 11.5 Å². The molecule has 1 N–H and O–H groups in total. The van der Waals surface area contributed by atoms with E-state index in [4.69, 9.17) is 9.47 Å². The van der Waals surface area contributed by atoms with Gasteiger partial charge in [0.05, 0.1) is 6.04 Å². The van der Waals surface area contributed by atoms with Gasteiger partial charge in [-0.25, -0.2) is 0 Å². The molecule has 2 atom stereocenters. The molecule has 26 heavy (non-hydrogen) atoms. The second-order valence-electron chi connectivity index (χ2n) is 6.82. The van der Waals surface area contributed by atoms with Crippen molar-refractivity contribution in [2.75, 3.05) is 6.61 Å². The minimum Gasteiger partial charge on any atom is -0.491 e. The number of hydrogen-bond donors (Lipinski definition) is 1. The van der Waals surface area contributed by atoms with Gasteiger partial charge in [-0.3, -0.25) is 4.79 Å². The van der Waals surface area contributed by atoms with Crippen LogP contribution >= 0.6 is 0 Å². The SMILES string of the molecule is CC[C@@H](Oc1cc(C)ccc1C)C(=O)N[C@H](C)COc1ccc(C)cc1. The zero-order valence-electron chi connectivity index (χ0n) is 16.3. The number of nitrogens with one attached hydrogen (secondary N) is 1. The maximum absolute atomic E-state index is 12.5. The van der Waals surface area contributed by atoms with Crippen LogP contribution in [0.2, 0.25) is 0 Å². The van der Waals surface area contributed by atoms with E-state index in [2.05, 4.69) is 5.32 Å². The molecule has 0 aliphatic rings. The Morgan fingerprint density at radius 1 is 1.04 bits per heavy atom. The van der Waals surface area contributed by atoms with E-state index in [1.54, 1.807) is 0 Å². The summed E-state index contributed by atoms with van der Waals surface area (Å²) in [4.78, 5) is 12.5. The molecular formula is C22H29NO3. The van der Waals surface area contributed by atoms with E-state index in [0.717, 1.165) is 22.6 Å². The highest BCUT2D eigenvalue weighted by molar-refractivity contribution is 5.81. The van der Waals surface area contributed by atoms with Gasteiger partial charge in [0.25, 0.3) is 5.91 Å². The first-order valence-corrected chi connectivity index (χ1v) is 9.12. The number of aryl methyl sites for hydroxylation is 3. The van der Waals surface area contributed by atoms with Crippen LogP contribution in [0.25, 0.3) is 0 Å². The van der Waals surface area contributed by atoms with Crippen molar-refractivity contribution < 1.29 is 14.3 Å².